The first-order chi connectivity index (χ1) is 11.6. The topological polar surface area (TPSA) is 40.5 Å². The number of guanidine groups is 1. The summed E-state index contributed by atoms with van der Waals surface area (Å²) in [4.78, 5) is 11.4. The molecular weight excluding hydrogens is 443 g/mol. The highest BCUT2D eigenvalue weighted by atomic mass is 127. The molecule has 6 heteroatoms. The van der Waals surface area contributed by atoms with E-state index in [1.54, 1.807) is 0 Å². The number of rotatable bonds is 3. The molecule has 2 heterocycles. The molecule has 25 heavy (non-hydrogen) atoms. The Labute approximate surface area is 171 Å². The van der Waals surface area contributed by atoms with Crippen LogP contribution >= 0.6 is 35.7 Å². The molecule has 4 nitrogen and oxygen atoms in total. The van der Waals surface area contributed by atoms with E-state index < -0.39 is 0 Å². The number of hydrogen-bond acceptors (Lipinski definition) is 3. The third-order valence-corrected chi connectivity index (χ3v) is 5.63. The minimum Gasteiger partial charge on any atom is -0.356 e. The zero-order valence-corrected chi connectivity index (χ0v) is 18.3. The molecule has 1 fully saturated rings. The second-order valence-corrected chi connectivity index (χ2v) is 8.55. The number of benzene rings is 1. The average Bonchev–Trinajstić information content (AvgIpc) is 2.58. The first-order valence-electron chi connectivity index (χ1n) is 8.51. The molecule has 1 aromatic carbocycles. The molecule has 0 radical (unpaired) electrons. The molecule has 1 aromatic heterocycles. The van der Waals surface area contributed by atoms with Crippen LogP contribution in [0.2, 0.25) is 0 Å². The molecule has 0 amide bonds. The number of halogens is 1. The molecule has 136 valence electrons. The summed E-state index contributed by atoms with van der Waals surface area (Å²) in [6.45, 7) is 7.57. The highest BCUT2D eigenvalue weighted by Crippen LogP contribution is 2.29. The van der Waals surface area contributed by atoms with E-state index in [4.69, 9.17) is 0 Å². The van der Waals surface area contributed by atoms with Crippen LogP contribution in [-0.4, -0.2) is 53.0 Å². The maximum atomic E-state index is 4.54. The highest BCUT2D eigenvalue weighted by Gasteiger charge is 2.28. The molecule has 0 unspecified atom stereocenters. The Hall–Kier alpha value is -1.02. The second kappa shape index (κ2) is 9.07. The minimum atomic E-state index is 0. The molecule has 1 aliphatic heterocycles. The fraction of sp³-hybridized carbons (Fsp3) is 0.474. The van der Waals surface area contributed by atoms with E-state index >= 15 is 0 Å². The third-order valence-electron chi connectivity index (χ3n) is 4.33. The van der Waals surface area contributed by atoms with E-state index in [1.807, 2.05) is 31.1 Å². The Balaban J connectivity index is 0.00000225. The lowest BCUT2D eigenvalue weighted by Crippen LogP contribution is -2.51. The predicted molar refractivity (Wildman–Crippen MR) is 120 cm³/mol. The maximum absolute atomic E-state index is 4.54. The van der Waals surface area contributed by atoms with Gasteiger partial charge in [-0.3, -0.25) is 9.98 Å². The second-order valence-electron chi connectivity index (χ2n) is 6.75. The van der Waals surface area contributed by atoms with Crippen LogP contribution in [0.3, 0.4) is 0 Å². The maximum Gasteiger partial charge on any atom is 0.193 e. The van der Waals surface area contributed by atoms with E-state index in [-0.39, 0.29) is 28.7 Å². The monoisotopic (exact) mass is 470 g/mol. The van der Waals surface area contributed by atoms with E-state index in [0.29, 0.717) is 0 Å². The number of hydrogen-bond donors (Lipinski definition) is 1. The zero-order chi connectivity index (χ0) is 17.0. The van der Waals surface area contributed by atoms with Gasteiger partial charge in [0.05, 0.1) is 5.52 Å². The van der Waals surface area contributed by atoms with Crippen LogP contribution in [0.25, 0.3) is 10.9 Å². The number of para-hydroxylation sites is 1. The van der Waals surface area contributed by atoms with Crippen molar-refractivity contribution in [1.29, 1.82) is 0 Å². The fourth-order valence-electron chi connectivity index (χ4n) is 3.21. The van der Waals surface area contributed by atoms with Crippen LogP contribution in [0.1, 0.15) is 19.4 Å². The van der Waals surface area contributed by atoms with Gasteiger partial charge in [-0.2, -0.15) is 11.8 Å². The predicted octanol–water partition coefficient (Wildman–Crippen LogP) is 3.80. The van der Waals surface area contributed by atoms with Crippen molar-refractivity contribution in [2.45, 2.75) is 25.0 Å². The van der Waals surface area contributed by atoms with Crippen molar-refractivity contribution in [3.8, 4) is 0 Å². The van der Waals surface area contributed by atoms with Gasteiger partial charge in [-0.05, 0) is 31.9 Å². The van der Waals surface area contributed by atoms with E-state index in [9.17, 15) is 0 Å². The number of nitrogens with zero attached hydrogens (tertiary/aromatic N) is 3. The van der Waals surface area contributed by atoms with E-state index in [2.05, 4.69) is 58.3 Å². The van der Waals surface area contributed by atoms with Crippen molar-refractivity contribution in [3.63, 3.8) is 0 Å². The van der Waals surface area contributed by atoms with Gasteiger partial charge in [-0.25, -0.2) is 0 Å². The molecule has 2 aromatic rings. The van der Waals surface area contributed by atoms with Crippen LogP contribution in [-0.2, 0) is 6.42 Å². The lowest BCUT2D eigenvalue weighted by Gasteiger charge is -2.39. The van der Waals surface area contributed by atoms with Gasteiger partial charge in [0.2, 0.25) is 0 Å². The fourth-order valence-corrected chi connectivity index (χ4v) is 4.32. The highest BCUT2D eigenvalue weighted by molar-refractivity contribution is 14.0. The molecule has 1 aliphatic rings. The quantitative estimate of drug-likeness (QED) is 0.421. The first kappa shape index (κ1) is 20.3. The first-order valence-corrected chi connectivity index (χ1v) is 9.50. The molecule has 3 rings (SSSR count). The van der Waals surface area contributed by atoms with Crippen molar-refractivity contribution in [3.05, 3.63) is 42.1 Å². The number of pyridine rings is 1. The number of nitrogens with one attached hydrogen (secondary N) is 1. The van der Waals surface area contributed by atoms with Gasteiger partial charge in [0.25, 0.3) is 0 Å². The van der Waals surface area contributed by atoms with Gasteiger partial charge in [-0.15, -0.1) is 24.0 Å². The Bertz CT molecular complexity index is 727. The van der Waals surface area contributed by atoms with Gasteiger partial charge >= 0.3 is 0 Å². The molecule has 0 spiro atoms. The van der Waals surface area contributed by atoms with Crippen molar-refractivity contribution in [1.82, 2.24) is 15.2 Å². The number of thioether (sulfide) groups is 1. The van der Waals surface area contributed by atoms with Crippen LogP contribution in [0.4, 0.5) is 0 Å². The van der Waals surface area contributed by atoms with Crippen LogP contribution in [0, 0.1) is 0 Å². The Morgan fingerprint density at radius 2 is 2.12 bits per heavy atom. The summed E-state index contributed by atoms with van der Waals surface area (Å²) >= 11 is 2.04. The summed E-state index contributed by atoms with van der Waals surface area (Å²) in [5, 5.41) is 4.73. The summed E-state index contributed by atoms with van der Waals surface area (Å²) < 4.78 is 0.287. The number of aliphatic imine (C=N–C) groups is 1. The molecule has 0 atom stereocenters. The third kappa shape index (κ3) is 5.23. The van der Waals surface area contributed by atoms with Gasteiger partial charge in [-0.1, -0.05) is 24.3 Å². The summed E-state index contributed by atoms with van der Waals surface area (Å²) in [6.07, 6.45) is 2.81. The molecule has 0 bridgehead atoms. The standard InChI is InChI=1S/C19H26N4S.HI/c1-19(2)14-23(12-13-24-19)18(20-3)22-11-9-16-7-4-6-15-8-5-10-21-17(15)16;/h4-8,10H,9,11-14H2,1-3H3,(H,20,22);1H. The van der Waals surface area contributed by atoms with Crippen LogP contribution < -0.4 is 5.32 Å². The van der Waals surface area contributed by atoms with Crippen LogP contribution in [0.15, 0.2) is 41.5 Å². The van der Waals surface area contributed by atoms with E-state index in [0.717, 1.165) is 43.3 Å². The van der Waals surface area contributed by atoms with Crippen molar-refractivity contribution in [2.75, 3.05) is 32.4 Å². The van der Waals surface area contributed by atoms with Crippen molar-refractivity contribution in [2.24, 2.45) is 4.99 Å². The summed E-state index contributed by atoms with van der Waals surface area (Å²) in [5.74, 6) is 2.16. The molecule has 1 N–H and O–H groups in total. The summed E-state index contributed by atoms with van der Waals surface area (Å²) in [7, 11) is 1.87. The average molecular weight is 470 g/mol. The van der Waals surface area contributed by atoms with Crippen molar-refractivity contribution < 1.29 is 0 Å². The molecule has 0 saturated carbocycles. The van der Waals surface area contributed by atoms with Crippen molar-refractivity contribution >= 4 is 52.6 Å². The van der Waals surface area contributed by atoms with Gasteiger partial charge < -0.3 is 10.2 Å². The van der Waals surface area contributed by atoms with Gasteiger partial charge in [0.15, 0.2) is 5.96 Å². The zero-order valence-electron chi connectivity index (χ0n) is 15.2. The summed E-state index contributed by atoms with van der Waals surface area (Å²) in [5.41, 5.74) is 2.39. The molecule has 1 saturated heterocycles. The van der Waals surface area contributed by atoms with E-state index in [1.165, 1.54) is 10.9 Å². The normalized spacial score (nSPS) is 17.2. The summed E-state index contributed by atoms with van der Waals surface area (Å²) in [6, 6.07) is 10.5. The smallest absolute Gasteiger partial charge is 0.193 e. The van der Waals surface area contributed by atoms with Crippen LogP contribution in [0.5, 0.6) is 0 Å². The Kier molecular flexibility index (Phi) is 7.37. The number of aromatic nitrogens is 1. The van der Waals surface area contributed by atoms with Gasteiger partial charge in [0.1, 0.15) is 0 Å². The molecule has 0 aliphatic carbocycles. The number of fused-ring (bicyclic) bond motifs is 1. The minimum absolute atomic E-state index is 0. The Morgan fingerprint density at radius 3 is 2.88 bits per heavy atom. The lowest BCUT2D eigenvalue weighted by molar-refractivity contribution is 0.376. The SMILES string of the molecule is CN=C(NCCc1cccc2cccnc12)N1CCSC(C)(C)C1.I. The lowest BCUT2D eigenvalue weighted by atomic mass is 10.1. The molecular formula is C19H27IN4S. The van der Waals surface area contributed by atoms with Gasteiger partial charge in [0, 0.05) is 48.8 Å². The largest absolute Gasteiger partial charge is 0.356 e. The Morgan fingerprint density at radius 1 is 1.32 bits per heavy atom.